The van der Waals surface area contributed by atoms with Crippen LogP contribution in [0.3, 0.4) is 0 Å². The van der Waals surface area contributed by atoms with E-state index in [1.165, 1.54) is 12.8 Å². The fourth-order valence-corrected chi connectivity index (χ4v) is 4.23. The topological polar surface area (TPSA) is 58.6 Å². The van der Waals surface area contributed by atoms with E-state index in [1.54, 1.807) is 6.07 Å². The van der Waals surface area contributed by atoms with Crippen LogP contribution in [-0.2, 0) is 10.0 Å². The Balaban J connectivity index is 1.69. The van der Waals surface area contributed by atoms with Crippen LogP contribution in [0.5, 0.6) is 11.5 Å². The van der Waals surface area contributed by atoms with Crippen molar-refractivity contribution in [2.75, 3.05) is 24.5 Å². The molecular formula is C18H20N2O3S. The predicted molar refractivity (Wildman–Crippen MR) is 93.1 cm³/mol. The number of rotatable bonds is 4. The van der Waals surface area contributed by atoms with Crippen molar-refractivity contribution in [2.24, 2.45) is 5.92 Å². The highest BCUT2D eigenvalue weighted by atomic mass is 32.2. The summed E-state index contributed by atoms with van der Waals surface area (Å²) in [6.45, 7) is 2.04. The summed E-state index contributed by atoms with van der Waals surface area (Å²) < 4.78 is 33.6. The zero-order chi connectivity index (χ0) is 16.6. The van der Waals surface area contributed by atoms with E-state index in [0.717, 1.165) is 12.2 Å². The van der Waals surface area contributed by atoms with E-state index >= 15 is 0 Å². The fraction of sp³-hybridized carbons (Fsp3) is 0.333. The lowest BCUT2D eigenvalue weighted by Gasteiger charge is -2.24. The fourth-order valence-electron chi connectivity index (χ4n) is 2.97. The lowest BCUT2D eigenvalue weighted by molar-refractivity contribution is 0.480. The first-order chi connectivity index (χ1) is 11.6. The van der Waals surface area contributed by atoms with E-state index in [9.17, 15) is 8.42 Å². The molecule has 0 unspecified atom stereocenters. The molecule has 0 bridgehead atoms. The van der Waals surface area contributed by atoms with Gasteiger partial charge in [0.05, 0.1) is 5.69 Å². The van der Waals surface area contributed by atoms with E-state index < -0.39 is 10.0 Å². The number of benzene rings is 2. The lowest BCUT2D eigenvalue weighted by atomic mass is 10.2. The first-order valence-corrected chi connectivity index (χ1v) is 9.72. The van der Waals surface area contributed by atoms with Crippen LogP contribution in [0, 0.1) is 5.92 Å². The van der Waals surface area contributed by atoms with Crippen molar-refractivity contribution < 1.29 is 13.2 Å². The second-order valence-electron chi connectivity index (χ2n) is 6.33. The number of ether oxygens (including phenoxy) is 1. The predicted octanol–water partition coefficient (Wildman–Crippen LogP) is 2.99. The van der Waals surface area contributed by atoms with Gasteiger partial charge < -0.3 is 9.64 Å². The molecular weight excluding hydrogens is 324 g/mol. The van der Waals surface area contributed by atoms with Crippen LogP contribution in [0.25, 0.3) is 0 Å². The average molecular weight is 344 g/mol. The number of hydrogen-bond donors (Lipinski definition) is 1. The molecule has 2 aliphatic rings. The van der Waals surface area contributed by atoms with Crippen molar-refractivity contribution in [3.05, 3.63) is 48.5 Å². The van der Waals surface area contributed by atoms with Gasteiger partial charge in [0.1, 0.15) is 16.4 Å². The van der Waals surface area contributed by atoms with Crippen LogP contribution in [0.2, 0.25) is 0 Å². The minimum absolute atomic E-state index is 0.300. The van der Waals surface area contributed by atoms with Crippen LogP contribution in [-0.4, -0.2) is 28.1 Å². The quantitative estimate of drug-likeness (QED) is 0.926. The lowest BCUT2D eigenvalue weighted by Crippen LogP contribution is -2.31. The van der Waals surface area contributed by atoms with E-state index in [0.29, 0.717) is 35.4 Å². The van der Waals surface area contributed by atoms with E-state index in [-0.39, 0.29) is 0 Å². The van der Waals surface area contributed by atoms with Crippen LogP contribution in [0.4, 0.5) is 5.69 Å². The second kappa shape index (κ2) is 6.11. The second-order valence-corrected chi connectivity index (χ2v) is 8.07. The molecule has 0 radical (unpaired) electrons. The molecule has 1 N–H and O–H groups in total. The van der Waals surface area contributed by atoms with E-state index in [4.69, 9.17) is 4.74 Å². The first-order valence-electron chi connectivity index (χ1n) is 8.23. The Bertz CT molecular complexity index is 833. The molecule has 4 rings (SSSR count). The smallest absolute Gasteiger partial charge is 0.242 e. The van der Waals surface area contributed by atoms with Crippen molar-refractivity contribution in [1.29, 1.82) is 0 Å². The summed E-state index contributed by atoms with van der Waals surface area (Å²) in [6, 6.07) is 14.7. The van der Waals surface area contributed by atoms with Gasteiger partial charge >= 0.3 is 0 Å². The number of nitrogens with one attached hydrogen (secondary N) is 1. The highest BCUT2D eigenvalue weighted by Gasteiger charge is 2.30. The molecule has 24 heavy (non-hydrogen) atoms. The van der Waals surface area contributed by atoms with Crippen molar-refractivity contribution in [3.63, 3.8) is 0 Å². The van der Waals surface area contributed by atoms with Gasteiger partial charge in [-0.25, -0.2) is 13.1 Å². The number of para-hydroxylation sites is 1. The van der Waals surface area contributed by atoms with E-state index in [1.807, 2.05) is 42.5 Å². The Morgan fingerprint density at radius 1 is 1.08 bits per heavy atom. The minimum Gasteiger partial charge on any atom is -0.457 e. The molecule has 0 saturated heterocycles. The summed E-state index contributed by atoms with van der Waals surface area (Å²) in [6.07, 6.45) is 2.47. The SMILES string of the molecule is O=S1(=O)NCCN(CC2CC2)c2ccc(Oc3ccccc3)cc21. The number of nitrogens with zero attached hydrogens (tertiary/aromatic N) is 1. The molecule has 0 spiro atoms. The Kier molecular flexibility index (Phi) is 3.94. The minimum atomic E-state index is -3.51. The van der Waals surface area contributed by atoms with Gasteiger partial charge in [-0.3, -0.25) is 0 Å². The van der Waals surface area contributed by atoms with Crippen LogP contribution in [0.15, 0.2) is 53.4 Å². The van der Waals surface area contributed by atoms with Crippen molar-refractivity contribution in [1.82, 2.24) is 4.72 Å². The molecule has 1 aliphatic heterocycles. The van der Waals surface area contributed by atoms with Gasteiger partial charge in [-0.05, 0) is 43.0 Å². The number of fused-ring (bicyclic) bond motifs is 1. The number of hydrogen-bond acceptors (Lipinski definition) is 4. The molecule has 2 aromatic carbocycles. The monoisotopic (exact) mass is 344 g/mol. The molecule has 0 atom stereocenters. The van der Waals surface area contributed by atoms with Gasteiger partial charge in [0.15, 0.2) is 0 Å². The van der Waals surface area contributed by atoms with Crippen molar-refractivity contribution in [3.8, 4) is 11.5 Å². The highest BCUT2D eigenvalue weighted by Crippen LogP contribution is 2.36. The van der Waals surface area contributed by atoms with E-state index in [2.05, 4.69) is 9.62 Å². The summed E-state index contributed by atoms with van der Waals surface area (Å²) in [5.41, 5.74) is 0.771. The van der Waals surface area contributed by atoms with Crippen LogP contribution >= 0.6 is 0 Å². The maximum atomic E-state index is 12.6. The Labute approximate surface area is 142 Å². The summed E-state index contributed by atoms with van der Waals surface area (Å²) in [4.78, 5) is 2.48. The van der Waals surface area contributed by atoms with Crippen molar-refractivity contribution >= 4 is 15.7 Å². The third-order valence-corrected chi connectivity index (χ3v) is 5.88. The maximum Gasteiger partial charge on any atom is 0.242 e. The Hall–Kier alpha value is -2.05. The molecule has 1 aliphatic carbocycles. The number of anilines is 1. The normalized spacial score (nSPS) is 19.4. The van der Waals surface area contributed by atoms with Gasteiger partial charge in [0.25, 0.3) is 0 Å². The summed E-state index contributed by atoms with van der Waals surface area (Å²) in [5, 5.41) is 0. The zero-order valence-electron chi connectivity index (χ0n) is 13.3. The first kappa shape index (κ1) is 15.5. The average Bonchev–Trinajstić information content (AvgIpc) is 3.39. The van der Waals surface area contributed by atoms with Crippen LogP contribution in [0.1, 0.15) is 12.8 Å². The standard InChI is InChI=1S/C18H20N2O3S/c21-24(22)18-12-16(23-15-4-2-1-3-5-15)8-9-17(18)20(11-10-19-24)13-14-6-7-14/h1-5,8-9,12,14,19H,6-7,10-11,13H2. The molecule has 1 saturated carbocycles. The van der Waals surface area contributed by atoms with Crippen molar-refractivity contribution in [2.45, 2.75) is 17.7 Å². The van der Waals surface area contributed by atoms with Gasteiger partial charge in [0, 0.05) is 25.7 Å². The Morgan fingerprint density at radius 3 is 2.62 bits per heavy atom. The molecule has 5 nitrogen and oxygen atoms in total. The summed E-state index contributed by atoms with van der Waals surface area (Å²) in [5.74, 6) is 1.91. The maximum absolute atomic E-state index is 12.6. The zero-order valence-corrected chi connectivity index (χ0v) is 14.1. The highest BCUT2D eigenvalue weighted by molar-refractivity contribution is 7.89. The third kappa shape index (κ3) is 3.25. The van der Waals surface area contributed by atoms with Gasteiger partial charge in [-0.15, -0.1) is 0 Å². The molecule has 6 heteroatoms. The van der Waals surface area contributed by atoms with Gasteiger partial charge in [-0.2, -0.15) is 0 Å². The van der Waals surface area contributed by atoms with Gasteiger partial charge in [-0.1, -0.05) is 18.2 Å². The van der Waals surface area contributed by atoms with Gasteiger partial charge in [0.2, 0.25) is 10.0 Å². The third-order valence-electron chi connectivity index (χ3n) is 4.39. The molecule has 126 valence electrons. The molecule has 0 aromatic heterocycles. The molecule has 0 amide bonds. The largest absolute Gasteiger partial charge is 0.457 e. The number of sulfonamides is 1. The summed E-state index contributed by atoms with van der Waals surface area (Å²) in [7, 11) is -3.51. The molecule has 1 heterocycles. The van der Waals surface area contributed by atoms with Crippen LogP contribution < -0.4 is 14.4 Å². The Morgan fingerprint density at radius 2 is 1.88 bits per heavy atom. The molecule has 2 aromatic rings. The molecule has 1 fully saturated rings. The summed E-state index contributed by atoms with van der Waals surface area (Å²) >= 11 is 0.